The van der Waals surface area contributed by atoms with Crippen LogP contribution in [0.25, 0.3) is 0 Å². The second-order valence-corrected chi connectivity index (χ2v) is 9.06. The maximum atomic E-state index is 12.9. The normalized spacial score (nSPS) is 17.8. The van der Waals surface area contributed by atoms with Crippen LogP contribution in [-0.4, -0.2) is 39.9 Å². The molecule has 1 saturated carbocycles. The fourth-order valence-corrected chi connectivity index (χ4v) is 4.63. The monoisotopic (exact) mass is 464 g/mol. The van der Waals surface area contributed by atoms with Crippen LogP contribution in [0.5, 0.6) is 0 Å². The summed E-state index contributed by atoms with van der Waals surface area (Å²) in [6.07, 6.45) is 9.18. The molecule has 3 amide bonds. The zero-order valence-corrected chi connectivity index (χ0v) is 18.1. The minimum Gasteiger partial charge on any atom is -0.381 e. The number of hydrogen-bond donors (Lipinski definition) is 1. The summed E-state index contributed by atoms with van der Waals surface area (Å²) in [6.45, 7) is 0.143. The van der Waals surface area contributed by atoms with Gasteiger partial charge in [0.1, 0.15) is 6.54 Å². The molecule has 1 saturated heterocycles. The quantitative estimate of drug-likeness (QED) is 0.458. The van der Waals surface area contributed by atoms with Crippen molar-refractivity contribution in [1.29, 1.82) is 0 Å². The predicted octanol–water partition coefficient (Wildman–Crippen LogP) is 5.41. The lowest BCUT2D eigenvalue weighted by molar-refractivity contribution is -0.116. The molecule has 0 spiro atoms. The van der Waals surface area contributed by atoms with E-state index in [9.17, 15) is 22.8 Å². The molecule has 1 N–H and O–H groups in total. The highest BCUT2D eigenvalue weighted by molar-refractivity contribution is 8.00. The maximum absolute atomic E-state index is 12.9. The molecule has 2 heterocycles. The van der Waals surface area contributed by atoms with Crippen LogP contribution >= 0.6 is 11.8 Å². The number of nitrogens with zero attached hydrogens (tertiary/aromatic N) is 3. The lowest BCUT2D eigenvalue weighted by Gasteiger charge is -2.26. The minimum absolute atomic E-state index is 0.00702. The average Bonchev–Trinajstić information content (AvgIpc) is 3.03. The van der Waals surface area contributed by atoms with Gasteiger partial charge >= 0.3 is 11.5 Å². The fourth-order valence-electron chi connectivity index (χ4n) is 4.09. The highest BCUT2D eigenvalue weighted by Crippen LogP contribution is 2.37. The molecule has 1 aliphatic carbocycles. The third-order valence-corrected chi connectivity index (χ3v) is 6.34. The maximum Gasteiger partial charge on any atom is 0.446 e. The second-order valence-electron chi connectivity index (χ2n) is 7.92. The van der Waals surface area contributed by atoms with E-state index in [0.29, 0.717) is 6.04 Å². The molecular formula is C22H23F3N4O2S. The number of hydrogen-bond acceptors (Lipinski definition) is 5. The van der Waals surface area contributed by atoms with Crippen LogP contribution in [-0.2, 0) is 11.3 Å². The second kappa shape index (κ2) is 9.40. The molecule has 10 heteroatoms. The van der Waals surface area contributed by atoms with Crippen molar-refractivity contribution in [3.05, 3.63) is 48.3 Å². The third-order valence-electron chi connectivity index (χ3n) is 5.60. The number of rotatable bonds is 6. The van der Waals surface area contributed by atoms with Gasteiger partial charge in [-0.25, -0.2) is 9.69 Å². The first-order valence-electron chi connectivity index (χ1n) is 10.5. The first-order valence-corrected chi connectivity index (χ1v) is 11.3. The van der Waals surface area contributed by atoms with E-state index in [1.54, 1.807) is 12.4 Å². The molecule has 32 heavy (non-hydrogen) atoms. The number of pyridine rings is 1. The van der Waals surface area contributed by atoms with E-state index in [2.05, 4.69) is 10.3 Å². The van der Waals surface area contributed by atoms with Crippen molar-refractivity contribution in [3.8, 4) is 0 Å². The van der Waals surface area contributed by atoms with Crippen LogP contribution in [0, 0.1) is 0 Å². The molecule has 4 rings (SSSR count). The van der Waals surface area contributed by atoms with Gasteiger partial charge in [-0.3, -0.25) is 9.78 Å². The van der Waals surface area contributed by atoms with Crippen LogP contribution in [0.15, 0.2) is 47.6 Å². The molecule has 0 unspecified atom stereocenters. The molecule has 1 aromatic carbocycles. The summed E-state index contributed by atoms with van der Waals surface area (Å²) in [5.41, 5.74) is -2.42. The Morgan fingerprint density at radius 1 is 1.06 bits per heavy atom. The molecule has 0 bridgehead atoms. The van der Waals surface area contributed by atoms with Crippen molar-refractivity contribution < 1.29 is 22.8 Å². The van der Waals surface area contributed by atoms with Crippen LogP contribution in [0.4, 0.5) is 29.3 Å². The Balaban J connectivity index is 1.46. The van der Waals surface area contributed by atoms with E-state index < -0.39 is 17.4 Å². The van der Waals surface area contributed by atoms with E-state index in [0.717, 1.165) is 29.0 Å². The van der Waals surface area contributed by atoms with Crippen molar-refractivity contribution in [2.24, 2.45) is 0 Å². The number of carbonyl (C=O) groups excluding carboxylic acids is 2. The SMILES string of the molecule is O=C1CN(Cc2ccncc2NC2CCCCC2)C(=O)N1c1ccc(SC(F)(F)F)cc1. The van der Waals surface area contributed by atoms with E-state index in [4.69, 9.17) is 0 Å². The zero-order chi connectivity index (χ0) is 22.7. The molecule has 6 nitrogen and oxygen atoms in total. The summed E-state index contributed by atoms with van der Waals surface area (Å²) in [6, 6.07) is 6.93. The molecule has 1 aromatic heterocycles. The Labute approximate surface area is 188 Å². The van der Waals surface area contributed by atoms with Gasteiger partial charge in [-0.15, -0.1) is 0 Å². The highest BCUT2D eigenvalue weighted by Gasteiger charge is 2.37. The third kappa shape index (κ3) is 5.35. The minimum atomic E-state index is -4.40. The summed E-state index contributed by atoms with van der Waals surface area (Å²) in [7, 11) is 0. The summed E-state index contributed by atoms with van der Waals surface area (Å²) < 4.78 is 37.6. The summed E-state index contributed by atoms with van der Waals surface area (Å²) in [5, 5.41) is 3.52. The number of benzene rings is 1. The summed E-state index contributed by atoms with van der Waals surface area (Å²) in [4.78, 5) is 32.1. The Kier molecular flexibility index (Phi) is 6.59. The molecule has 2 aromatic rings. The largest absolute Gasteiger partial charge is 0.446 e. The summed E-state index contributed by atoms with van der Waals surface area (Å²) >= 11 is -0.240. The zero-order valence-electron chi connectivity index (χ0n) is 17.3. The number of imide groups is 1. The Hall–Kier alpha value is -2.75. The predicted molar refractivity (Wildman–Crippen MR) is 116 cm³/mol. The molecule has 2 fully saturated rings. The van der Waals surface area contributed by atoms with E-state index in [-0.39, 0.29) is 35.4 Å². The lowest BCUT2D eigenvalue weighted by Crippen LogP contribution is -2.33. The van der Waals surface area contributed by atoms with Gasteiger partial charge in [0.05, 0.1) is 24.1 Å². The van der Waals surface area contributed by atoms with Crippen molar-refractivity contribution in [2.75, 3.05) is 16.8 Å². The average molecular weight is 465 g/mol. The van der Waals surface area contributed by atoms with Gasteiger partial charge in [0.2, 0.25) is 0 Å². The van der Waals surface area contributed by atoms with Gasteiger partial charge in [-0.05, 0) is 60.5 Å². The molecule has 0 atom stereocenters. The Bertz CT molecular complexity index is 978. The molecular weight excluding hydrogens is 441 g/mol. The Morgan fingerprint density at radius 2 is 1.78 bits per heavy atom. The van der Waals surface area contributed by atoms with Crippen molar-refractivity contribution in [2.45, 2.75) is 55.1 Å². The van der Waals surface area contributed by atoms with Gasteiger partial charge < -0.3 is 10.2 Å². The number of aromatic nitrogens is 1. The van der Waals surface area contributed by atoms with Crippen molar-refractivity contribution >= 4 is 35.1 Å². The lowest BCUT2D eigenvalue weighted by atomic mass is 9.95. The number of amides is 3. The molecule has 2 aliphatic rings. The standard InChI is InChI=1S/C22H23F3N4O2S/c23-22(24,25)32-18-8-6-17(7-9-18)29-20(30)14-28(21(29)31)13-15-10-11-26-12-19(15)27-16-4-2-1-3-5-16/h6-12,16,27H,1-5,13-14H2. The number of halogens is 3. The van der Waals surface area contributed by atoms with Gasteiger partial charge in [0.25, 0.3) is 5.91 Å². The van der Waals surface area contributed by atoms with Gasteiger partial charge in [0, 0.05) is 17.1 Å². The first kappa shape index (κ1) is 22.4. The number of alkyl halides is 3. The first-order chi connectivity index (χ1) is 15.3. The van der Waals surface area contributed by atoms with Crippen molar-refractivity contribution in [3.63, 3.8) is 0 Å². The van der Waals surface area contributed by atoms with E-state index in [1.165, 1.54) is 48.4 Å². The number of carbonyl (C=O) groups is 2. The summed E-state index contributed by atoms with van der Waals surface area (Å²) in [5.74, 6) is -0.415. The van der Waals surface area contributed by atoms with Crippen molar-refractivity contribution in [1.82, 2.24) is 9.88 Å². The van der Waals surface area contributed by atoms with Crippen LogP contribution in [0.3, 0.4) is 0 Å². The fraction of sp³-hybridized carbons (Fsp3) is 0.409. The van der Waals surface area contributed by atoms with E-state index in [1.807, 2.05) is 6.07 Å². The smallest absolute Gasteiger partial charge is 0.381 e. The number of anilines is 2. The molecule has 170 valence electrons. The van der Waals surface area contributed by atoms with Gasteiger partial charge in [-0.2, -0.15) is 13.2 Å². The molecule has 0 radical (unpaired) electrons. The topological polar surface area (TPSA) is 65.5 Å². The Morgan fingerprint density at radius 3 is 2.47 bits per heavy atom. The van der Waals surface area contributed by atoms with Gasteiger partial charge in [0.15, 0.2) is 0 Å². The number of nitrogens with one attached hydrogen (secondary N) is 1. The van der Waals surface area contributed by atoms with Crippen LogP contribution < -0.4 is 10.2 Å². The van der Waals surface area contributed by atoms with Crippen LogP contribution in [0.1, 0.15) is 37.7 Å². The van der Waals surface area contributed by atoms with E-state index >= 15 is 0 Å². The molecule has 1 aliphatic heterocycles. The van der Waals surface area contributed by atoms with Gasteiger partial charge in [-0.1, -0.05) is 19.3 Å². The van der Waals surface area contributed by atoms with Crippen LogP contribution in [0.2, 0.25) is 0 Å². The highest BCUT2D eigenvalue weighted by atomic mass is 32.2. The number of urea groups is 1. The number of thioether (sulfide) groups is 1.